The lowest BCUT2D eigenvalue weighted by Crippen LogP contribution is -2.45. The number of carbonyl (C=O) groups excluding carboxylic acids is 1. The van der Waals surface area contributed by atoms with Gasteiger partial charge in [0, 0.05) is 22.2 Å². The monoisotopic (exact) mass is 371 g/mol. The van der Waals surface area contributed by atoms with E-state index in [9.17, 15) is 9.18 Å². The number of halogens is 1. The third-order valence-corrected chi connectivity index (χ3v) is 4.78. The molecule has 0 aliphatic carbocycles. The second-order valence-electron chi connectivity index (χ2n) is 8.02. The van der Waals surface area contributed by atoms with E-state index in [0.717, 1.165) is 5.56 Å². The molecule has 0 unspecified atom stereocenters. The van der Waals surface area contributed by atoms with Crippen molar-refractivity contribution in [2.75, 3.05) is 11.9 Å². The first kappa shape index (κ1) is 19.5. The standard InChI is InChI=1S/C22H26FNO3/c1-14(2)19-22(3,4)13-26-21(27-19)16-6-5-7-18(12-16)24-20(25)15-8-10-17(23)11-9-15/h5-12,14,19,21H,13H2,1-4H3,(H,24,25)/t19-,21+/m1/s1. The summed E-state index contributed by atoms with van der Waals surface area (Å²) in [7, 11) is 0. The molecule has 27 heavy (non-hydrogen) atoms. The molecule has 5 heteroatoms. The predicted molar refractivity (Wildman–Crippen MR) is 103 cm³/mol. The maximum Gasteiger partial charge on any atom is 0.255 e. The van der Waals surface area contributed by atoms with Crippen LogP contribution in [0.2, 0.25) is 0 Å². The van der Waals surface area contributed by atoms with Gasteiger partial charge in [0.05, 0.1) is 12.7 Å². The molecule has 1 saturated heterocycles. The summed E-state index contributed by atoms with van der Waals surface area (Å²) in [4.78, 5) is 12.3. The van der Waals surface area contributed by atoms with Crippen molar-refractivity contribution in [1.82, 2.24) is 0 Å². The Hall–Kier alpha value is -2.24. The Kier molecular flexibility index (Phi) is 5.63. The van der Waals surface area contributed by atoms with Gasteiger partial charge in [0.25, 0.3) is 5.91 Å². The topological polar surface area (TPSA) is 47.6 Å². The zero-order valence-electron chi connectivity index (χ0n) is 16.2. The molecule has 0 radical (unpaired) electrons. The third kappa shape index (κ3) is 4.54. The van der Waals surface area contributed by atoms with Crippen LogP contribution >= 0.6 is 0 Å². The number of benzene rings is 2. The first-order chi connectivity index (χ1) is 12.8. The zero-order chi connectivity index (χ0) is 19.6. The Bertz CT molecular complexity index is 801. The first-order valence-corrected chi connectivity index (χ1v) is 9.20. The number of ether oxygens (including phenoxy) is 2. The van der Waals surface area contributed by atoms with Crippen LogP contribution in [0, 0.1) is 17.2 Å². The molecule has 2 aromatic rings. The fourth-order valence-electron chi connectivity index (χ4n) is 3.53. The summed E-state index contributed by atoms with van der Waals surface area (Å²) in [5.74, 6) is -0.297. The summed E-state index contributed by atoms with van der Waals surface area (Å²) in [6, 6.07) is 12.9. The first-order valence-electron chi connectivity index (χ1n) is 9.20. The minimum absolute atomic E-state index is 0.0565. The van der Waals surface area contributed by atoms with Crippen LogP contribution in [0.5, 0.6) is 0 Å². The summed E-state index contributed by atoms with van der Waals surface area (Å²) in [6.45, 7) is 9.19. The van der Waals surface area contributed by atoms with E-state index in [1.54, 1.807) is 6.07 Å². The molecule has 1 fully saturated rings. The summed E-state index contributed by atoms with van der Waals surface area (Å²) in [6.07, 6.45) is -0.387. The highest BCUT2D eigenvalue weighted by atomic mass is 19.1. The quantitative estimate of drug-likeness (QED) is 0.806. The van der Waals surface area contributed by atoms with E-state index in [-0.39, 0.29) is 23.2 Å². The fourth-order valence-corrected chi connectivity index (χ4v) is 3.53. The van der Waals surface area contributed by atoms with Crippen molar-refractivity contribution in [2.24, 2.45) is 11.3 Å². The molecule has 144 valence electrons. The Morgan fingerprint density at radius 1 is 1.19 bits per heavy atom. The van der Waals surface area contributed by atoms with Gasteiger partial charge in [0.1, 0.15) is 5.82 Å². The molecule has 4 nitrogen and oxygen atoms in total. The van der Waals surface area contributed by atoms with E-state index in [1.165, 1.54) is 24.3 Å². The van der Waals surface area contributed by atoms with E-state index >= 15 is 0 Å². The number of carbonyl (C=O) groups is 1. The molecule has 1 aliphatic rings. The van der Waals surface area contributed by atoms with Crippen LogP contribution in [-0.4, -0.2) is 18.6 Å². The number of nitrogens with one attached hydrogen (secondary N) is 1. The molecule has 3 rings (SSSR count). The van der Waals surface area contributed by atoms with Crippen LogP contribution in [0.15, 0.2) is 48.5 Å². The Morgan fingerprint density at radius 3 is 2.56 bits per heavy atom. The lowest BCUT2D eigenvalue weighted by atomic mass is 9.80. The summed E-state index contributed by atoms with van der Waals surface area (Å²) in [5, 5.41) is 2.83. The average Bonchev–Trinajstić information content (AvgIpc) is 2.62. The highest BCUT2D eigenvalue weighted by molar-refractivity contribution is 6.04. The number of hydrogen-bond acceptors (Lipinski definition) is 3. The van der Waals surface area contributed by atoms with Crippen LogP contribution in [0.3, 0.4) is 0 Å². The Balaban J connectivity index is 1.74. The molecule has 0 spiro atoms. The molecule has 2 atom stereocenters. The van der Waals surface area contributed by atoms with E-state index in [0.29, 0.717) is 23.8 Å². The summed E-state index contributed by atoms with van der Waals surface area (Å²) < 4.78 is 25.2. The van der Waals surface area contributed by atoms with Crippen LogP contribution in [0.1, 0.15) is 49.9 Å². The molecule has 1 amide bonds. The predicted octanol–water partition coefficient (Wildman–Crippen LogP) is 5.17. The molecular formula is C22H26FNO3. The van der Waals surface area contributed by atoms with Crippen molar-refractivity contribution in [2.45, 2.75) is 40.1 Å². The molecule has 1 aliphatic heterocycles. The second kappa shape index (κ2) is 7.79. The van der Waals surface area contributed by atoms with Crippen LogP contribution in [0.25, 0.3) is 0 Å². The number of rotatable bonds is 4. The van der Waals surface area contributed by atoms with Gasteiger partial charge in [-0.3, -0.25) is 4.79 Å². The van der Waals surface area contributed by atoms with E-state index in [4.69, 9.17) is 9.47 Å². The SMILES string of the molecule is CC(C)[C@H]1O[C@@H](c2cccc(NC(=O)c3ccc(F)cc3)c2)OCC1(C)C. The van der Waals surface area contributed by atoms with Gasteiger partial charge in [-0.15, -0.1) is 0 Å². The zero-order valence-corrected chi connectivity index (χ0v) is 16.2. The molecule has 1 N–H and O–H groups in total. The minimum Gasteiger partial charge on any atom is -0.348 e. The van der Waals surface area contributed by atoms with Crippen LogP contribution < -0.4 is 5.32 Å². The van der Waals surface area contributed by atoms with Gasteiger partial charge in [-0.1, -0.05) is 39.8 Å². The number of amides is 1. The minimum atomic E-state index is -0.465. The molecule has 0 bridgehead atoms. The summed E-state index contributed by atoms with van der Waals surface area (Å²) >= 11 is 0. The van der Waals surface area contributed by atoms with Gasteiger partial charge < -0.3 is 14.8 Å². The van der Waals surface area contributed by atoms with Gasteiger partial charge in [-0.2, -0.15) is 0 Å². The van der Waals surface area contributed by atoms with Crippen molar-refractivity contribution in [3.8, 4) is 0 Å². The summed E-state index contributed by atoms with van der Waals surface area (Å²) in [5.41, 5.74) is 1.83. The smallest absolute Gasteiger partial charge is 0.255 e. The lowest BCUT2D eigenvalue weighted by Gasteiger charge is -2.44. The molecule has 2 aromatic carbocycles. The van der Waals surface area contributed by atoms with Crippen LogP contribution in [0.4, 0.5) is 10.1 Å². The van der Waals surface area contributed by atoms with Crippen molar-refractivity contribution >= 4 is 11.6 Å². The molecular weight excluding hydrogens is 345 g/mol. The van der Waals surface area contributed by atoms with Crippen molar-refractivity contribution in [3.05, 3.63) is 65.5 Å². The van der Waals surface area contributed by atoms with Gasteiger partial charge in [0.15, 0.2) is 6.29 Å². The van der Waals surface area contributed by atoms with Gasteiger partial charge >= 0.3 is 0 Å². The van der Waals surface area contributed by atoms with Crippen molar-refractivity contribution in [1.29, 1.82) is 0 Å². The van der Waals surface area contributed by atoms with Crippen molar-refractivity contribution in [3.63, 3.8) is 0 Å². The second-order valence-corrected chi connectivity index (χ2v) is 8.02. The molecule has 0 aromatic heterocycles. The van der Waals surface area contributed by atoms with E-state index in [1.807, 2.05) is 18.2 Å². The highest BCUT2D eigenvalue weighted by Crippen LogP contribution is 2.39. The largest absolute Gasteiger partial charge is 0.348 e. The fraction of sp³-hybridized carbons (Fsp3) is 0.409. The normalized spacial score (nSPS) is 21.9. The van der Waals surface area contributed by atoms with Crippen molar-refractivity contribution < 1.29 is 18.7 Å². The Morgan fingerprint density at radius 2 is 1.89 bits per heavy atom. The molecule has 1 heterocycles. The number of anilines is 1. The lowest BCUT2D eigenvalue weighted by molar-refractivity contribution is -0.274. The Labute approximate surface area is 159 Å². The highest BCUT2D eigenvalue weighted by Gasteiger charge is 2.40. The number of hydrogen-bond donors (Lipinski definition) is 1. The molecule has 0 saturated carbocycles. The third-order valence-electron chi connectivity index (χ3n) is 4.78. The van der Waals surface area contributed by atoms with Gasteiger partial charge in [-0.25, -0.2) is 4.39 Å². The van der Waals surface area contributed by atoms with Gasteiger partial charge in [0.2, 0.25) is 0 Å². The maximum absolute atomic E-state index is 13.0. The van der Waals surface area contributed by atoms with Gasteiger partial charge in [-0.05, 0) is 42.3 Å². The maximum atomic E-state index is 13.0. The van der Waals surface area contributed by atoms with E-state index < -0.39 is 6.29 Å². The van der Waals surface area contributed by atoms with Crippen LogP contribution in [-0.2, 0) is 9.47 Å². The average molecular weight is 371 g/mol. The van der Waals surface area contributed by atoms with E-state index in [2.05, 4.69) is 33.0 Å².